The van der Waals surface area contributed by atoms with Crippen molar-refractivity contribution >= 4 is 10.0 Å². The van der Waals surface area contributed by atoms with Gasteiger partial charge >= 0.3 is 0 Å². The SMILES string of the molecule is CC[N+](C)(C)CCCNS(=O)(=O)c1ccc(C)cc1. The summed E-state index contributed by atoms with van der Waals surface area (Å²) in [5.74, 6) is 0. The molecular formula is C14H25N2O2S+. The number of hydrogen-bond acceptors (Lipinski definition) is 2. The fourth-order valence-electron chi connectivity index (χ4n) is 1.67. The fraction of sp³-hybridized carbons (Fsp3) is 0.571. The van der Waals surface area contributed by atoms with Crippen molar-refractivity contribution in [3.63, 3.8) is 0 Å². The van der Waals surface area contributed by atoms with E-state index in [1.54, 1.807) is 12.1 Å². The summed E-state index contributed by atoms with van der Waals surface area (Å²) in [5, 5.41) is 0. The topological polar surface area (TPSA) is 46.2 Å². The van der Waals surface area contributed by atoms with E-state index in [4.69, 9.17) is 0 Å². The van der Waals surface area contributed by atoms with Crippen LogP contribution < -0.4 is 4.72 Å². The Hall–Kier alpha value is -0.910. The summed E-state index contributed by atoms with van der Waals surface area (Å²) in [6.45, 7) is 6.57. The first-order valence-electron chi connectivity index (χ1n) is 6.65. The normalized spacial score (nSPS) is 12.6. The van der Waals surface area contributed by atoms with Gasteiger partial charge in [0.25, 0.3) is 0 Å². The first kappa shape index (κ1) is 16.1. The molecule has 0 atom stereocenters. The molecule has 1 aromatic carbocycles. The average Bonchev–Trinajstić information content (AvgIpc) is 2.35. The van der Waals surface area contributed by atoms with Crippen LogP contribution in [0.15, 0.2) is 29.2 Å². The highest BCUT2D eigenvalue weighted by Gasteiger charge is 2.15. The van der Waals surface area contributed by atoms with Gasteiger partial charge in [-0.2, -0.15) is 0 Å². The van der Waals surface area contributed by atoms with E-state index in [9.17, 15) is 8.42 Å². The third-order valence-electron chi connectivity index (χ3n) is 3.42. The summed E-state index contributed by atoms with van der Waals surface area (Å²) in [5.41, 5.74) is 1.06. The average molecular weight is 285 g/mol. The zero-order chi connectivity index (χ0) is 14.5. The molecule has 0 bridgehead atoms. The maximum atomic E-state index is 12.0. The molecule has 0 saturated heterocycles. The van der Waals surface area contributed by atoms with Gasteiger partial charge in [-0.25, -0.2) is 13.1 Å². The fourth-order valence-corrected chi connectivity index (χ4v) is 2.75. The molecule has 1 N–H and O–H groups in total. The highest BCUT2D eigenvalue weighted by atomic mass is 32.2. The molecule has 0 aliphatic carbocycles. The van der Waals surface area contributed by atoms with Crippen LogP contribution >= 0.6 is 0 Å². The van der Waals surface area contributed by atoms with Crippen LogP contribution in [0.3, 0.4) is 0 Å². The zero-order valence-electron chi connectivity index (χ0n) is 12.3. The van der Waals surface area contributed by atoms with Gasteiger partial charge in [0.2, 0.25) is 10.0 Å². The molecule has 4 nitrogen and oxygen atoms in total. The standard InChI is InChI=1S/C14H25N2O2S/c1-5-16(3,4)12-6-11-15-19(17,18)14-9-7-13(2)8-10-14/h7-10,15H,5-6,11-12H2,1-4H3/q+1. The second-order valence-electron chi connectivity index (χ2n) is 5.54. The second-order valence-corrected chi connectivity index (χ2v) is 7.31. The molecule has 0 aromatic heterocycles. The van der Waals surface area contributed by atoms with Crippen molar-refractivity contribution in [3.05, 3.63) is 29.8 Å². The van der Waals surface area contributed by atoms with Crippen LogP contribution in [0.5, 0.6) is 0 Å². The van der Waals surface area contributed by atoms with Crippen LogP contribution in [0.2, 0.25) is 0 Å². The number of nitrogens with zero attached hydrogens (tertiary/aromatic N) is 1. The van der Waals surface area contributed by atoms with E-state index >= 15 is 0 Å². The van der Waals surface area contributed by atoms with E-state index in [2.05, 4.69) is 25.7 Å². The summed E-state index contributed by atoms with van der Waals surface area (Å²) in [6, 6.07) is 6.91. The van der Waals surface area contributed by atoms with Crippen molar-refractivity contribution < 1.29 is 12.9 Å². The summed E-state index contributed by atoms with van der Waals surface area (Å²) in [6.07, 6.45) is 0.839. The third kappa shape index (κ3) is 5.30. The molecular weight excluding hydrogens is 260 g/mol. The van der Waals surface area contributed by atoms with Crippen LogP contribution in [0.25, 0.3) is 0 Å². The highest BCUT2D eigenvalue weighted by Crippen LogP contribution is 2.09. The molecule has 0 radical (unpaired) electrons. The van der Waals surface area contributed by atoms with Gasteiger partial charge in [0, 0.05) is 13.0 Å². The summed E-state index contributed by atoms with van der Waals surface area (Å²) in [7, 11) is 0.936. The van der Waals surface area contributed by atoms with Crippen molar-refractivity contribution in [2.24, 2.45) is 0 Å². The largest absolute Gasteiger partial charge is 0.329 e. The molecule has 19 heavy (non-hydrogen) atoms. The Morgan fingerprint density at radius 1 is 1.16 bits per heavy atom. The lowest BCUT2D eigenvalue weighted by Gasteiger charge is -2.28. The molecule has 0 spiro atoms. The first-order valence-corrected chi connectivity index (χ1v) is 8.13. The Morgan fingerprint density at radius 2 is 1.74 bits per heavy atom. The maximum absolute atomic E-state index is 12.0. The van der Waals surface area contributed by atoms with Gasteiger partial charge < -0.3 is 4.48 Å². The lowest BCUT2D eigenvalue weighted by molar-refractivity contribution is -0.888. The molecule has 1 aromatic rings. The van der Waals surface area contributed by atoms with Gasteiger partial charge in [0.1, 0.15) is 0 Å². The number of sulfonamides is 1. The smallest absolute Gasteiger partial charge is 0.240 e. The minimum absolute atomic E-state index is 0.336. The molecule has 0 aliphatic heterocycles. The third-order valence-corrected chi connectivity index (χ3v) is 4.90. The number of benzene rings is 1. The molecule has 108 valence electrons. The Labute approximate surface area is 117 Å². The van der Waals surface area contributed by atoms with Crippen LogP contribution in [0.4, 0.5) is 0 Å². The summed E-state index contributed by atoms with van der Waals surface area (Å²) in [4.78, 5) is 0.336. The second kappa shape index (κ2) is 6.50. The van der Waals surface area contributed by atoms with Crippen LogP contribution in [0.1, 0.15) is 18.9 Å². The van der Waals surface area contributed by atoms with Crippen LogP contribution in [-0.4, -0.2) is 46.6 Å². The Kier molecular flexibility index (Phi) is 5.52. The number of nitrogens with one attached hydrogen (secondary N) is 1. The highest BCUT2D eigenvalue weighted by molar-refractivity contribution is 7.89. The molecule has 0 aliphatic rings. The Morgan fingerprint density at radius 3 is 2.26 bits per heavy atom. The minimum Gasteiger partial charge on any atom is -0.329 e. The van der Waals surface area contributed by atoms with E-state index in [1.165, 1.54) is 0 Å². The van der Waals surface area contributed by atoms with Gasteiger partial charge in [-0.15, -0.1) is 0 Å². The Balaban J connectivity index is 2.50. The molecule has 0 fully saturated rings. The van der Waals surface area contributed by atoms with Gasteiger partial charge in [0.15, 0.2) is 0 Å². The lowest BCUT2D eigenvalue weighted by atomic mass is 10.2. The van der Waals surface area contributed by atoms with E-state index in [0.717, 1.165) is 29.6 Å². The van der Waals surface area contributed by atoms with Crippen LogP contribution in [-0.2, 0) is 10.0 Å². The van der Waals surface area contributed by atoms with Crippen molar-refractivity contribution in [3.8, 4) is 0 Å². The summed E-state index contributed by atoms with van der Waals surface area (Å²) < 4.78 is 27.6. The van der Waals surface area contributed by atoms with Crippen molar-refractivity contribution in [1.29, 1.82) is 0 Å². The molecule has 0 heterocycles. The quantitative estimate of drug-likeness (QED) is 0.613. The first-order chi connectivity index (χ1) is 8.77. The predicted octanol–water partition coefficient (Wildman–Crippen LogP) is 1.76. The van der Waals surface area contributed by atoms with E-state index in [0.29, 0.717) is 11.4 Å². The van der Waals surface area contributed by atoms with Crippen LogP contribution in [0, 0.1) is 6.92 Å². The molecule has 0 unspecified atom stereocenters. The zero-order valence-corrected chi connectivity index (χ0v) is 13.1. The molecule has 1 rings (SSSR count). The molecule has 0 amide bonds. The van der Waals surface area contributed by atoms with Crippen molar-refractivity contribution in [2.75, 3.05) is 33.7 Å². The number of rotatable bonds is 7. The molecule has 0 saturated carbocycles. The van der Waals surface area contributed by atoms with Gasteiger partial charge in [-0.05, 0) is 26.0 Å². The summed E-state index contributed by atoms with van der Waals surface area (Å²) >= 11 is 0. The van der Waals surface area contributed by atoms with Gasteiger partial charge in [0.05, 0.1) is 32.1 Å². The van der Waals surface area contributed by atoms with E-state index in [1.807, 2.05) is 19.1 Å². The number of quaternary nitrogens is 1. The maximum Gasteiger partial charge on any atom is 0.240 e. The minimum atomic E-state index is -3.36. The van der Waals surface area contributed by atoms with Crippen molar-refractivity contribution in [1.82, 2.24) is 4.72 Å². The van der Waals surface area contributed by atoms with Gasteiger partial charge in [-0.1, -0.05) is 17.7 Å². The van der Waals surface area contributed by atoms with Crippen molar-refractivity contribution in [2.45, 2.75) is 25.2 Å². The predicted molar refractivity (Wildman–Crippen MR) is 78.5 cm³/mol. The number of aryl methyl sites for hydroxylation is 1. The Bertz CT molecular complexity index is 493. The van der Waals surface area contributed by atoms with Gasteiger partial charge in [-0.3, -0.25) is 0 Å². The van der Waals surface area contributed by atoms with E-state index in [-0.39, 0.29) is 0 Å². The monoisotopic (exact) mass is 285 g/mol. The van der Waals surface area contributed by atoms with E-state index < -0.39 is 10.0 Å². The lowest BCUT2D eigenvalue weighted by Crippen LogP contribution is -2.41. The number of hydrogen-bond donors (Lipinski definition) is 1. The molecule has 5 heteroatoms.